The summed E-state index contributed by atoms with van der Waals surface area (Å²) in [6.45, 7) is 5.68. The number of anilines is 1. The highest BCUT2D eigenvalue weighted by Gasteiger charge is 2.26. The summed E-state index contributed by atoms with van der Waals surface area (Å²) in [5, 5.41) is 3.69. The van der Waals surface area contributed by atoms with Crippen molar-refractivity contribution in [2.24, 2.45) is 12.5 Å². The van der Waals surface area contributed by atoms with E-state index in [1.807, 2.05) is 25.2 Å². The lowest BCUT2D eigenvalue weighted by molar-refractivity contribution is 0.205. The fourth-order valence-electron chi connectivity index (χ4n) is 2.87. The van der Waals surface area contributed by atoms with E-state index in [1.54, 1.807) is 0 Å². The van der Waals surface area contributed by atoms with Gasteiger partial charge >= 0.3 is 0 Å². The summed E-state index contributed by atoms with van der Waals surface area (Å²) in [5.41, 5.74) is 1.80. The lowest BCUT2D eigenvalue weighted by atomic mass is 9.75. The van der Waals surface area contributed by atoms with Crippen molar-refractivity contribution in [3.63, 3.8) is 0 Å². The van der Waals surface area contributed by atoms with Crippen LogP contribution in [0.4, 0.5) is 5.95 Å². The van der Waals surface area contributed by atoms with Crippen molar-refractivity contribution >= 4 is 5.95 Å². The summed E-state index contributed by atoms with van der Waals surface area (Å²) < 4.78 is 2.17. The van der Waals surface area contributed by atoms with E-state index in [0.717, 1.165) is 12.5 Å². The molecular weight excluding hydrogens is 236 g/mol. The van der Waals surface area contributed by atoms with Crippen LogP contribution < -0.4 is 10.2 Å². The summed E-state index contributed by atoms with van der Waals surface area (Å²) in [6.07, 6.45) is 7.24. The van der Waals surface area contributed by atoms with E-state index in [0.29, 0.717) is 11.5 Å². The quantitative estimate of drug-likeness (QED) is 0.907. The fourth-order valence-corrected chi connectivity index (χ4v) is 2.87. The molecule has 0 radical (unpaired) electrons. The van der Waals surface area contributed by atoms with E-state index >= 15 is 0 Å². The van der Waals surface area contributed by atoms with E-state index in [1.165, 1.54) is 31.4 Å². The van der Waals surface area contributed by atoms with Gasteiger partial charge in [0.2, 0.25) is 5.95 Å². The van der Waals surface area contributed by atoms with Gasteiger partial charge in [0.1, 0.15) is 0 Å². The Balaban J connectivity index is 1.86. The van der Waals surface area contributed by atoms with Crippen LogP contribution in [-0.2, 0) is 13.6 Å². The van der Waals surface area contributed by atoms with Gasteiger partial charge in [-0.1, -0.05) is 13.8 Å². The molecule has 4 nitrogen and oxygen atoms in total. The van der Waals surface area contributed by atoms with Gasteiger partial charge in [0.15, 0.2) is 0 Å². The summed E-state index contributed by atoms with van der Waals surface area (Å²) in [7, 11) is 6.15. The molecule has 0 saturated heterocycles. The number of hydrogen-bond donors (Lipinski definition) is 1. The Morgan fingerprint density at radius 1 is 1.37 bits per heavy atom. The van der Waals surface area contributed by atoms with Crippen molar-refractivity contribution in [3.8, 4) is 0 Å². The third kappa shape index (κ3) is 3.50. The predicted octanol–water partition coefficient (Wildman–Crippen LogP) is 2.54. The molecule has 0 bridgehead atoms. The zero-order valence-electron chi connectivity index (χ0n) is 13.0. The van der Waals surface area contributed by atoms with Crippen LogP contribution in [0.2, 0.25) is 0 Å². The van der Waals surface area contributed by atoms with Crippen LogP contribution >= 0.6 is 0 Å². The molecule has 0 amide bonds. The molecule has 4 heteroatoms. The van der Waals surface area contributed by atoms with Gasteiger partial charge in [-0.15, -0.1) is 0 Å². The Kier molecular flexibility index (Phi) is 4.19. The van der Waals surface area contributed by atoms with Gasteiger partial charge in [-0.05, 0) is 31.1 Å². The van der Waals surface area contributed by atoms with Gasteiger partial charge < -0.3 is 14.8 Å². The molecule has 108 valence electrons. The second-order valence-electron chi connectivity index (χ2n) is 6.82. The van der Waals surface area contributed by atoms with Gasteiger partial charge in [-0.25, -0.2) is 4.98 Å². The highest BCUT2D eigenvalue weighted by atomic mass is 15.3. The monoisotopic (exact) mass is 264 g/mol. The molecule has 1 fully saturated rings. The molecule has 2 rings (SSSR count). The molecule has 0 aromatic carbocycles. The van der Waals surface area contributed by atoms with Gasteiger partial charge in [0.05, 0.1) is 11.9 Å². The molecule has 1 aromatic heterocycles. The first-order chi connectivity index (χ1) is 8.89. The molecule has 1 aliphatic rings. The Bertz CT molecular complexity index is 410. The van der Waals surface area contributed by atoms with Crippen LogP contribution in [-0.4, -0.2) is 29.7 Å². The maximum Gasteiger partial charge on any atom is 0.204 e. The highest BCUT2D eigenvalue weighted by molar-refractivity contribution is 5.30. The minimum Gasteiger partial charge on any atom is -0.348 e. The molecule has 0 unspecified atom stereocenters. The minimum absolute atomic E-state index is 0.544. The van der Waals surface area contributed by atoms with Gasteiger partial charge in [0, 0.05) is 33.7 Å². The first-order valence-electron chi connectivity index (χ1n) is 7.30. The standard InChI is InChI=1S/C15H28N4/c1-15(2)8-6-12(7-9-15)16-10-13-11-17-14(18(3)4)19(13)5/h11-12,16H,6-10H2,1-5H3. The van der Waals surface area contributed by atoms with Gasteiger partial charge in [0.25, 0.3) is 0 Å². The number of rotatable bonds is 4. The molecule has 0 aliphatic heterocycles. The number of hydrogen-bond acceptors (Lipinski definition) is 3. The van der Waals surface area contributed by atoms with E-state index in [9.17, 15) is 0 Å². The van der Waals surface area contributed by atoms with Crippen LogP contribution in [0.3, 0.4) is 0 Å². The van der Waals surface area contributed by atoms with E-state index in [2.05, 4.69) is 35.8 Å². The predicted molar refractivity (Wildman–Crippen MR) is 80.4 cm³/mol. The van der Waals surface area contributed by atoms with Crippen molar-refractivity contribution in [2.45, 2.75) is 52.1 Å². The molecule has 1 heterocycles. The molecule has 1 aliphatic carbocycles. The second-order valence-corrected chi connectivity index (χ2v) is 6.82. The molecule has 1 aromatic rings. The van der Waals surface area contributed by atoms with Crippen molar-refractivity contribution in [1.82, 2.24) is 14.9 Å². The van der Waals surface area contributed by atoms with E-state index in [-0.39, 0.29) is 0 Å². The van der Waals surface area contributed by atoms with Crippen molar-refractivity contribution in [1.29, 1.82) is 0 Å². The highest BCUT2D eigenvalue weighted by Crippen LogP contribution is 2.35. The molecule has 0 spiro atoms. The second kappa shape index (κ2) is 5.53. The van der Waals surface area contributed by atoms with Crippen LogP contribution in [0.5, 0.6) is 0 Å². The van der Waals surface area contributed by atoms with Crippen LogP contribution in [0, 0.1) is 5.41 Å². The Morgan fingerprint density at radius 3 is 2.53 bits per heavy atom. The SMILES string of the molecule is CN(C)c1ncc(CNC2CCC(C)(C)CC2)n1C. The normalized spacial score (nSPS) is 19.6. The molecule has 1 N–H and O–H groups in total. The minimum atomic E-state index is 0.544. The zero-order valence-corrected chi connectivity index (χ0v) is 13.0. The maximum atomic E-state index is 4.45. The van der Waals surface area contributed by atoms with Gasteiger partial charge in [-0.3, -0.25) is 0 Å². The van der Waals surface area contributed by atoms with Crippen molar-refractivity contribution in [3.05, 3.63) is 11.9 Å². The van der Waals surface area contributed by atoms with Crippen molar-refractivity contribution in [2.75, 3.05) is 19.0 Å². The smallest absolute Gasteiger partial charge is 0.204 e. The Hall–Kier alpha value is -1.03. The number of imidazole rings is 1. The number of nitrogens with zero attached hydrogens (tertiary/aromatic N) is 3. The molecule has 1 saturated carbocycles. The topological polar surface area (TPSA) is 33.1 Å². The number of aromatic nitrogens is 2. The Morgan fingerprint density at radius 2 is 2.00 bits per heavy atom. The van der Waals surface area contributed by atoms with Gasteiger partial charge in [-0.2, -0.15) is 0 Å². The molecule has 0 atom stereocenters. The zero-order chi connectivity index (χ0) is 14.0. The summed E-state index contributed by atoms with van der Waals surface area (Å²) in [4.78, 5) is 6.50. The van der Waals surface area contributed by atoms with E-state index < -0.39 is 0 Å². The first kappa shape index (κ1) is 14.4. The average Bonchev–Trinajstić information content (AvgIpc) is 2.69. The number of nitrogens with one attached hydrogen (secondary N) is 1. The largest absolute Gasteiger partial charge is 0.348 e. The van der Waals surface area contributed by atoms with Crippen LogP contribution in [0.1, 0.15) is 45.2 Å². The van der Waals surface area contributed by atoms with Crippen LogP contribution in [0.25, 0.3) is 0 Å². The third-order valence-electron chi connectivity index (χ3n) is 4.37. The Labute approximate surface area is 117 Å². The third-order valence-corrected chi connectivity index (χ3v) is 4.37. The fraction of sp³-hybridized carbons (Fsp3) is 0.800. The average molecular weight is 264 g/mol. The lowest BCUT2D eigenvalue weighted by Gasteiger charge is -2.34. The lowest BCUT2D eigenvalue weighted by Crippen LogP contribution is -2.35. The summed E-state index contributed by atoms with van der Waals surface area (Å²) >= 11 is 0. The summed E-state index contributed by atoms with van der Waals surface area (Å²) in [5.74, 6) is 1.02. The molecule has 19 heavy (non-hydrogen) atoms. The van der Waals surface area contributed by atoms with Crippen molar-refractivity contribution < 1.29 is 0 Å². The van der Waals surface area contributed by atoms with Crippen LogP contribution in [0.15, 0.2) is 6.20 Å². The first-order valence-corrected chi connectivity index (χ1v) is 7.30. The summed E-state index contributed by atoms with van der Waals surface area (Å²) in [6, 6.07) is 0.672. The maximum absolute atomic E-state index is 4.45. The van der Waals surface area contributed by atoms with E-state index in [4.69, 9.17) is 0 Å². The molecular formula is C15H28N4.